The molecule has 1 saturated heterocycles. The smallest absolute Gasteiger partial charge is 0.444 e. The normalized spacial score (nSPS) is 17.8. The van der Waals surface area contributed by atoms with E-state index < -0.39 is 11.8 Å². The zero-order valence-corrected chi connectivity index (χ0v) is 13.6. The van der Waals surface area contributed by atoms with E-state index in [0.717, 1.165) is 29.3 Å². The van der Waals surface area contributed by atoms with E-state index in [9.17, 15) is 12.9 Å². The quantitative estimate of drug-likeness (QED) is 0.637. The zero-order valence-electron chi connectivity index (χ0n) is 9.67. The van der Waals surface area contributed by atoms with Crippen LogP contribution < -0.4 is 56.2 Å². The third-order valence-electron chi connectivity index (χ3n) is 2.49. The van der Waals surface area contributed by atoms with Crippen molar-refractivity contribution in [1.29, 1.82) is 0 Å². The maximum atomic E-state index is 12.4. The van der Waals surface area contributed by atoms with Crippen LogP contribution in [0.1, 0.15) is 4.88 Å². The minimum Gasteiger partial charge on any atom is -0.444 e. The molecule has 17 heavy (non-hydrogen) atoms. The molecule has 0 aromatic carbocycles. The maximum absolute atomic E-state index is 12.4. The summed E-state index contributed by atoms with van der Waals surface area (Å²) >= 11 is 0.854. The van der Waals surface area contributed by atoms with Gasteiger partial charge in [-0.15, -0.1) is 0 Å². The second-order valence-corrected chi connectivity index (χ2v) is 4.97. The fraction of sp³-hybridized carbons (Fsp3) is 0.556. The summed E-state index contributed by atoms with van der Waals surface area (Å²) in [5, 5.41) is 0. The summed E-state index contributed by atoms with van der Waals surface area (Å²) in [6, 6.07) is 2.76. The van der Waals surface area contributed by atoms with E-state index in [-0.39, 0.29) is 51.4 Å². The van der Waals surface area contributed by atoms with Crippen molar-refractivity contribution in [3.05, 3.63) is 17.0 Å². The Morgan fingerprint density at radius 1 is 1.24 bits per heavy atom. The van der Waals surface area contributed by atoms with Crippen molar-refractivity contribution in [3.63, 3.8) is 0 Å². The van der Waals surface area contributed by atoms with Crippen LogP contribution in [0.2, 0.25) is 0 Å². The Balaban J connectivity index is 0.00000144. The number of thiophene rings is 1. The van der Waals surface area contributed by atoms with Crippen molar-refractivity contribution >= 4 is 23.1 Å². The molecule has 1 aliphatic rings. The minimum absolute atomic E-state index is 0. The van der Waals surface area contributed by atoms with Gasteiger partial charge in [0.05, 0.1) is 13.2 Å². The van der Waals surface area contributed by atoms with Crippen molar-refractivity contribution in [2.45, 2.75) is 6.54 Å². The third kappa shape index (κ3) is 4.94. The van der Waals surface area contributed by atoms with Crippen LogP contribution in [0.25, 0.3) is 0 Å². The van der Waals surface area contributed by atoms with E-state index in [1.54, 1.807) is 6.07 Å². The summed E-state index contributed by atoms with van der Waals surface area (Å²) in [6.07, 6.45) is 0. The zero-order chi connectivity index (χ0) is 11.6. The predicted octanol–water partition coefficient (Wildman–Crippen LogP) is -1.36. The Morgan fingerprint density at radius 2 is 1.88 bits per heavy atom. The second-order valence-electron chi connectivity index (χ2n) is 3.77. The molecule has 1 aromatic rings. The summed E-state index contributed by atoms with van der Waals surface area (Å²) in [5.41, 5.74) is 0. The molecule has 0 radical (unpaired) electrons. The Labute approximate surface area is 145 Å². The number of hydrogen-bond acceptors (Lipinski definition) is 3. The summed E-state index contributed by atoms with van der Waals surface area (Å²) in [5.74, 6) is 0. The molecule has 0 saturated carbocycles. The van der Waals surface area contributed by atoms with Crippen molar-refractivity contribution in [3.8, 4) is 0 Å². The second kappa shape index (κ2) is 7.04. The largest absolute Gasteiger partial charge is 1.00 e. The van der Waals surface area contributed by atoms with Crippen LogP contribution in [0.15, 0.2) is 12.1 Å². The Kier molecular flexibility index (Phi) is 6.70. The molecule has 0 aliphatic carbocycles. The molecule has 1 aliphatic heterocycles. The molecule has 2 heterocycles. The predicted molar refractivity (Wildman–Crippen MR) is 59.1 cm³/mol. The van der Waals surface area contributed by atoms with Crippen LogP contribution in [0.4, 0.5) is 12.9 Å². The van der Waals surface area contributed by atoms with Crippen molar-refractivity contribution in [2.24, 2.45) is 0 Å². The average Bonchev–Trinajstić information content (AvgIpc) is 2.67. The molecule has 2 rings (SSSR count). The standard InChI is InChI=1S/C9H12BF3NOS.K/c11-10(12,13)9-2-1-8(16-9)7-14-3-5-15-6-4-14;/h1-2H,3-7H2;/q-1;+1. The molecular formula is C9H12BF3KNOS. The molecular weight excluding hydrogens is 277 g/mol. The van der Waals surface area contributed by atoms with E-state index in [1.165, 1.54) is 6.07 Å². The van der Waals surface area contributed by atoms with Crippen molar-refractivity contribution in [1.82, 2.24) is 4.90 Å². The number of halogens is 3. The van der Waals surface area contributed by atoms with Gasteiger partial charge in [-0.25, -0.2) is 0 Å². The topological polar surface area (TPSA) is 12.5 Å². The van der Waals surface area contributed by atoms with Crippen LogP contribution in [0.3, 0.4) is 0 Å². The molecule has 0 atom stereocenters. The van der Waals surface area contributed by atoms with Gasteiger partial charge in [-0.05, 0) is 6.07 Å². The molecule has 0 unspecified atom stereocenters. The number of nitrogens with zero attached hydrogens (tertiary/aromatic N) is 1. The van der Waals surface area contributed by atoms with Gasteiger partial charge < -0.3 is 17.7 Å². The van der Waals surface area contributed by atoms with Gasteiger partial charge in [0, 0.05) is 24.5 Å². The van der Waals surface area contributed by atoms with Gasteiger partial charge in [-0.1, -0.05) is 10.8 Å². The first-order valence-electron chi connectivity index (χ1n) is 5.14. The van der Waals surface area contributed by atoms with E-state index in [0.29, 0.717) is 19.8 Å². The number of morpholine rings is 1. The van der Waals surface area contributed by atoms with Gasteiger partial charge in [-0.3, -0.25) is 4.90 Å². The van der Waals surface area contributed by atoms with Crippen molar-refractivity contribution < 1.29 is 69.1 Å². The van der Waals surface area contributed by atoms with Crippen LogP contribution in [-0.2, 0) is 11.3 Å². The Morgan fingerprint density at radius 3 is 2.41 bits per heavy atom. The van der Waals surface area contributed by atoms with Gasteiger partial charge in [0.15, 0.2) is 0 Å². The maximum Gasteiger partial charge on any atom is 1.00 e. The summed E-state index contributed by atoms with van der Waals surface area (Å²) < 4.78 is 42.0. The molecule has 1 aromatic heterocycles. The molecule has 0 bridgehead atoms. The first-order valence-corrected chi connectivity index (χ1v) is 5.96. The van der Waals surface area contributed by atoms with Crippen molar-refractivity contribution in [2.75, 3.05) is 26.3 Å². The Bertz CT molecular complexity index is 354. The average molecular weight is 289 g/mol. The third-order valence-corrected chi connectivity index (χ3v) is 3.65. The molecule has 90 valence electrons. The number of hydrogen-bond donors (Lipinski definition) is 0. The first kappa shape index (κ1) is 16.2. The number of ether oxygens (including phenoxy) is 1. The minimum atomic E-state index is -4.84. The monoisotopic (exact) mass is 289 g/mol. The van der Waals surface area contributed by atoms with Crippen LogP contribution in [0, 0.1) is 0 Å². The molecule has 2 nitrogen and oxygen atoms in total. The summed E-state index contributed by atoms with van der Waals surface area (Å²) in [7, 11) is 0. The SMILES string of the molecule is F[B-](F)(F)c1ccc(CN2CCOCC2)s1.[K+]. The molecule has 0 spiro atoms. The molecule has 1 fully saturated rings. The fourth-order valence-corrected chi connectivity index (χ4v) is 2.59. The summed E-state index contributed by atoms with van der Waals surface area (Å²) in [6.45, 7) is -1.31. The van der Waals surface area contributed by atoms with Gasteiger partial charge in [0.1, 0.15) is 0 Å². The molecule has 0 N–H and O–H groups in total. The Hall–Kier alpha value is 1.11. The van der Waals surface area contributed by atoms with E-state index >= 15 is 0 Å². The van der Waals surface area contributed by atoms with Gasteiger partial charge in [-0.2, -0.15) is 11.3 Å². The van der Waals surface area contributed by atoms with Gasteiger partial charge in [0.2, 0.25) is 0 Å². The van der Waals surface area contributed by atoms with Crippen LogP contribution in [-0.4, -0.2) is 38.2 Å². The van der Waals surface area contributed by atoms with Crippen LogP contribution in [0.5, 0.6) is 0 Å². The number of rotatable bonds is 3. The van der Waals surface area contributed by atoms with E-state index in [2.05, 4.69) is 4.90 Å². The first-order chi connectivity index (χ1) is 7.55. The fourth-order valence-electron chi connectivity index (χ4n) is 1.64. The van der Waals surface area contributed by atoms with Gasteiger partial charge >= 0.3 is 58.4 Å². The van der Waals surface area contributed by atoms with Gasteiger partial charge in [0.25, 0.3) is 0 Å². The van der Waals surface area contributed by atoms with E-state index in [4.69, 9.17) is 4.74 Å². The van der Waals surface area contributed by atoms with Crippen LogP contribution >= 0.6 is 11.3 Å². The molecule has 0 amide bonds. The van der Waals surface area contributed by atoms with E-state index in [1.807, 2.05) is 0 Å². The molecule has 8 heteroatoms. The summed E-state index contributed by atoms with van der Waals surface area (Å²) in [4.78, 5) is 2.89.